The molecule has 0 heterocycles. The van der Waals surface area contributed by atoms with E-state index in [2.05, 4.69) is 0 Å². The summed E-state index contributed by atoms with van der Waals surface area (Å²) in [6.45, 7) is 3.18. The minimum absolute atomic E-state index is 0.131. The van der Waals surface area contributed by atoms with Crippen LogP contribution in [0, 0.1) is 5.92 Å². The van der Waals surface area contributed by atoms with Crippen molar-refractivity contribution in [2.75, 3.05) is 0 Å². The van der Waals surface area contributed by atoms with E-state index in [0.717, 1.165) is 24.8 Å². The maximum absolute atomic E-state index is 11.2. The smallest absolute Gasteiger partial charge is 0.155 e. The van der Waals surface area contributed by atoms with Crippen LogP contribution >= 0.6 is 0 Å². The fraction of sp³-hybridized carbons (Fsp3) is 0.636. The molecule has 1 rings (SSSR count). The molecule has 0 aromatic heterocycles. The third kappa shape index (κ3) is 2.79. The average Bonchev–Trinajstić information content (AvgIpc) is 2.03. The van der Waals surface area contributed by atoms with Gasteiger partial charge in [-0.15, -0.1) is 0 Å². The predicted molar refractivity (Wildman–Crippen MR) is 51.4 cm³/mol. The van der Waals surface area contributed by atoms with E-state index in [-0.39, 0.29) is 17.5 Å². The lowest BCUT2D eigenvalue weighted by atomic mass is 9.83. The van der Waals surface area contributed by atoms with Crippen LogP contribution in [0.1, 0.15) is 39.5 Å². The van der Waals surface area contributed by atoms with Crippen LogP contribution < -0.4 is 0 Å². The molecule has 1 unspecified atom stereocenters. The first-order valence-electron chi connectivity index (χ1n) is 4.81. The lowest BCUT2D eigenvalue weighted by molar-refractivity contribution is -0.118. The molecule has 0 spiro atoms. The Labute approximate surface area is 79.0 Å². The number of ketones is 2. The van der Waals surface area contributed by atoms with Crippen LogP contribution in [0.15, 0.2) is 11.6 Å². The van der Waals surface area contributed by atoms with E-state index in [9.17, 15) is 9.59 Å². The summed E-state index contributed by atoms with van der Waals surface area (Å²) in [5.41, 5.74) is 0.876. The van der Waals surface area contributed by atoms with Crippen molar-refractivity contribution in [2.45, 2.75) is 39.5 Å². The summed E-state index contributed by atoms with van der Waals surface area (Å²) < 4.78 is 0. The number of hydrogen-bond acceptors (Lipinski definition) is 2. The number of carbonyl (C=O) groups excluding carboxylic acids is 2. The summed E-state index contributed by atoms with van der Waals surface area (Å²) in [7, 11) is 0. The van der Waals surface area contributed by atoms with Gasteiger partial charge in [0.25, 0.3) is 0 Å². The zero-order valence-electron chi connectivity index (χ0n) is 8.30. The van der Waals surface area contributed by atoms with Crippen molar-refractivity contribution < 1.29 is 9.59 Å². The molecule has 0 bridgehead atoms. The molecule has 1 aliphatic rings. The van der Waals surface area contributed by atoms with Gasteiger partial charge in [0.15, 0.2) is 5.78 Å². The van der Waals surface area contributed by atoms with Crippen LogP contribution in [-0.4, -0.2) is 11.6 Å². The molecule has 0 N–H and O–H groups in total. The first kappa shape index (κ1) is 10.2. The molecular formula is C11H16O2. The fourth-order valence-electron chi connectivity index (χ4n) is 1.93. The lowest BCUT2D eigenvalue weighted by Gasteiger charge is -2.21. The van der Waals surface area contributed by atoms with Crippen molar-refractivity contribution in [3.05, 3.63) is 11.6 Å². The SMILES string of the molecule is CC(=O)CC1CCCC=C1C(C)=O. The maximum atomic E-state index is 11.2. The third-order valence-corrected chi connectivity index (χ3v) is 2.50. The molecule has 0 radical (unpaired) electrons. The fourth-order valence-corrected chi connectivity index (χ4v) is 1.93. The molecule has 0 saturated carbocycles. The highest BCUT2D eigenvalue weighted by atomic mass is 16.1. The zero-order valence-corrected chi connectivity index (χ0v) is 8.30. The Bertz CT molecular complexity index is 251. The van der Waals surface area contributed by atoms with Gasteiger partial charge in [-0.3, -0.25) is 4.79 Å². The second kappa shape index (κ2) is 4.35. The minimum Gasteiger partial charge on any atom is -0.300 e. The quantitative estimate of drug-likeness (QED) is 0.667. The summed E-state index contributed by atoms with van der Waals surface area (Å²) in [5.74, 6) is 0.508. The van der Waals surface area contributed by atoms with Crippen molar-refractivity contribution in [1.82, 2.24) is 0 Å². The van der Waals surface area contributed by atoms with E-state index in [1.54, 1.807) is 13.8 Å². The van der Waals surface area contributed by atoms with E-state index in [0.29, 0.717) is 6.42 Å². The van der Waals surface area contributed by atoms with Gasteiger partial charge >= 0.3 is 0 Å². The summed E-state index contributed by atoms with van der Waals surface area (Å²) >= 11 is 0. The Kier molecular flexibility index (Phi) is 3.40. The van der Waals surface area contributed by atoms with Crippen LogP contribution in [0.5, 0.6) is 0 Å². The Morgan fingerprint density at radius 1 is 1.46 bits per heavy atom. The number of Topliss-reactive ketones (excluding diaryl/α,β-unsaturated/α-hetero) is 2. The molecule has 1 atom stereocenters. The minimum atomic E-state index is 0.131. The second-order valence-electron chi connectivity index (χ2n) is 3.75. The highest BCUT2D eigenvalue weighted by Gasteiger charge is 2.21. The second-order valence-corrected chi connectivity index (χ2v) is 3.75. The predicted octanol–water partition coefficient (Wildman–Crippen LogP) is 2.28. The molecule has 0 aliphatic heterocycles. The number of rotatable bonds is 3. The van der Waals surface area contributed by atoms with E-state index in [1.807, 2.05) is 6.08 Å². The molecule has 0 amide bonds. The van der Waals surface area contributed by atoms with Gasteiger partial charge in [0.05, 0.1) is 0 Å². The van der Waals surface area contributed by atoms with E-state index in [1.165, 1.54) is 0 Å². The van der Waals surface area contributed by atoms with Crippen LogP contribution in [0.2, 0.25) is 0 Å². The monoisotopic (exact) mass is 180 g/mol. The van der Waals surface area contributed by atoms with Crippen molar-refractivity contribution in [2.24, 2.45) is 5.92 Å². The summed E-state index contributed by atoms with van der Waals surface area (Å²) in [5, 5.41) is 0. The van der Waals surface area contributed by atoms with Crippen molar-refractivity contribution in [3.63, 3.8) is 0 Å². The van der Waals surface area contributed by atoms with Gasteiger partial charge in [-0.05, 0) is 44.6 Å². The van der Waals surface area contributed by atoms with E-state index < -0.39 is 0 Å². The Balaban J connectivity index is 2.70. The molecule has 1 aliphatic carbocycles. The summed E-state index contributed by atoms with van der Waals surface area (Å²) in [4.78, 5) is 22.2. The van der Waals surface area contributed by atoms with Gasteiger partial charge in [-0.25, -0.2) is 0 Å². The molecular weight excluding hydrogens is 164 g/mol. The normalized spacial score (nSPS) is 22.3. The van der Waals surface area contributed by atoms with Crippen LogP contribution in [0.3, 0.4) is 0 Å². The average molecular weight is 180 g/mol. The van der Waals surface area contributed by atoms with Gasteiger partial charge < -0.3 is 4.79 Å². The summed E-state index contributed by atoms with van der Waals surface area (Å²) in [6.07, 6.45) is 5.62. The van der Waals surface area contributed by atoms with E-state index >= 15 is 0 Å². The number of hydrogen-bond donors (Lipinski definition) is 0. The largest absolute Gasteiger partial charge is 0.300 e. The van der Waals surface area contributed by atoms with Crippen LogP contribution in [-0.2, 0) is 9.59 Å². The molecule has 2 nitrogen and oxygen atoms in total. The standard InChI is InChI=1S/C11H16O2/c1-8(12)7-10-5-3-4-6-11(10)9(2)13/h6,10H,3-5,7H2,1-2H3. The summed E-state index contributed by atoms with van der Waals surface area (Å²) in [6, 6.07) is 0. The number of allylic oxidation sites excluding steroid dienone is 2. The van der Waals surface area contributed by atoms with Crippen LogP contribution in [0.25, 0.3) is 0 Å². The highest BCUT2D eigenvalue weighted by molar-refractivity contribution is 5.94. The van der Waals surface area contributed by atoms with Gasteiger partial charge in [0, 0.05) is 6.42 Å². The lowest BCUT2D eigenvalue weighted by Crippen LogP contribution is -2.16. The molecule has 0 fully saturated rings. The maximum Gasteiger partial charge on any atom is 0.155 e. The number of carbonyl (C=O) groups is 2. The van der Waals surface area contributed by atoms with Crippen molar-refractivity contribution in [1.29, 1.82) is 0 Å². The molecule has 72 valence electrons. The van der Waals surface area contributed by atoms with Gasteiger partial charge in [0.1, 0.15) is 5.78 Å². The van der Waals surface area contributed by atoms with Gasteiger partial charge in [-0.1, -0.05) is 6.08 Å². The highest BCUT2D eigenvalue weighted by Crippen LogP contribution is 2.28. The first-order chi connectivity index (χ1) is 6.11. The molecule has 0 saturated heterocycles. The zero-order chi connectivity index (χ0) is 9.84. The Morgan fingerprint density at radius 3 is 2.69 bits per heavy atom. The molecule has 0 aromatic rings. The van der Waals surface area contributed by atoms with Gasteiger partial charge in [0.2, 0.25) is 0 Å². The van der Waals surface area contributed by atoms with Crippen molar-refractivity contribution >= 4 is 11.6 Å². The molecule has 0 aromatic carbocycles. The first-order valence-corrected chi connectivity index (χ1v) is 4.81. The topological polar surface area (TPSA) is 34.1 Å². The molecule has 2 heteroatoms. The Morgan fingerprint density at radius 2 is 2.15 bits per heavy atom. The van der Waals surface area contributed by atoms with E-state index in [4.69, 9.17) is 0 Å². The van der Waals surface area contributed by atoms with Gasteiger partial charge in [-0.2, -0.15) is 0 Å². The van der Waals surface area contributed by atoms with Crippen molar-refractivity contribution in [3.8, 4) is 0 Å². The van der Waals surface area contributed by atoms with Crippen LogP contribution in [0.4, 0.5) is 0 Å². The Hall–Kier alpha value is -0.920. The third-order valence-electron chi connectivity index (χ3n) is 2.50. The molecule has 13 heavy (non-hydrogen) atoms.